The predicted molar refractivity (Wildman–Crippen MR) is 53.2 cm³/mol. The Balaban J connectivity index is 2.71. The number of para-hydroxylation sites is 1. The van der Waals surface area contributed by atoms with E-state index in [1.807, 2.05) is 24.3 Å². The molecule has 0 saturated carbocycles. The third-order valence-electron chi connectivity index (χ3n) is 2.00. The maximum atomic E-state index is 5.61. The lowest BCUT2D eigenvalue weighted by Gasteiger charge is -1.94. The molecule has 0 fully saturated rings. The number of aromatic amines is 1. The molecule has 0 amide bonds. The van der Waals surface area contributed by atoms with Crippen LogP contribution in [0.15, 0.2) is 35.6 Å². The van der Waals surface area contributed by atoms with Crippen LogP contribution in [-0.4, -0.2) is 10.8 Å². The second-order valence-corrected chi connectivity index (χ2v) is 2.76. The number of nitrogens with one attached hydrogen (secondary N) is 1. The number of nitrogens with two attached hydrogens (primary N) is 2. The number of amidine groups is 1. The largest absolute Gasteiger partial charge is 0.382 e. The minimum atomic E-state index is 0.345. The average molecular weight is 174 g/mol. The lowest BCUT2D eigenvalue weighted by Crippen LogP contribution is -2.14. The molecular weight excluding hydrogens is 164 g/mol. The minimum Gasteiger partial charge on any atom is -0.382 e. The Morgan fingerprint density at radius 1 is 1.31 bits per heavy atom. The van der Waals surface area contributed by atoms with Crippen LogP contribution in [0.5, 0.6) is 0 Å². The van der Waals surface area contributed by atoms with Crippen molar-refractivity contribution in [3.05, 3.63) is 36.0 Å². The first kappa shape index (κ1) is 7.67. The molecule has 0 radical (unpaired) electrons. The Labute approximate surface area is 75.2 Å². The Kier molecular flexibility index (Phi) is 1.66. The summed E-state index contributed by atoms with van der Waals surface area (Å²) in [6.07, 6.45) is 1.80. The van der Waals surface area contributed by atoms with Gasteiger partial charge in [-0.05, 0) is 6.07 Å². The normalized spacial score (nSPS) is 12.2. The van der Waals surface area contributed by atoms with Crippen LogP contribution in [0.25, 0.3) is 10.9 Å². The maximum Gasteiger partial charge on any atom is 0.152 e. The van der Waals surface area contributed by atoms with Crippen molar-refractivity contribution in [2.75, 3.05) is 0 Å². The summed E-state index contributed by atoms with van der Waals surface area (Å²) in [4.78, 5) is 3.09. The number of hydrazone groups is 1. The molecule has 0 saturated heterocycles. The molecule has 5 N–H and O–H groups in total. The van der Waals surface area contributed by atoms with Crippen LogP contribution in [0.2, 0.25) is 0 Å². The molecule has 0 bridgehead atoms. The van der Waals surface area contributed by atoms with E-state index in [9.17, 15) is 0 Å². The zero-order valence-corrected chi connectivity index (χ0v) is 6.99. The van der Waals surface area contributed by atoms with Gasteiger partial charge >= 0.3 is 0 Å². The molecule has 0 aliphatic carbocycles. The van der Waals surface area contributed by atoms with E-state index in [0.29, 0.717) is 5.84 Å². The lowest BCUT2D eigenvalue weighted by atomic mass is 10.1. The van der Waals surface area contributed by atoms with Gasteiger partial charge in [-0.15, -0.1) is 0 Å². The van der Waals surface area contributed by atoms with Gasteiger partial charge in [-0.3, -0.25) is 0 Å². The fraction of sp³-hybridized carbons (Fsp3) is 0. The summed E-state index contributed by atoms with van der Waals surface area (Å²) >= 11 is 0. The minimum absolute atomic E-state index is 0.345. The van der Waals surface area contributed by atoms with Crippen LogP contribution in [0.4, 0.5) is 0 Å². The molecule has 2 rings (SSSR count). The third-order valence-corrected chi connectivity index (χ3v) is 2.00. The first-order chi connectivity index (χ1) is 6.33. The van der Waals surface area contributed by atoms with Gasteiger partial charge in [0, 0.05) is 22.7 Å². The fourth-order valence-electron chi connectivity index (χ4n) is 1.35. The average Bonchev–Trinajstić information content (AvgIpc) is 2.60. The van der Waals surface area contributed by atoms with Crippen molar-refractivity contribution in [2.45, 2.75) is 0 Å². The number of hydrogen-bond acceptors (Lipinski definition) is 2. The number of benzene rings is 1. The molecule has 13 heavy (non-hydrogen) atoms. The van der Waals surface area contributed by atoms with Crippen LogP contribution < -0.4 is 11.6 Å². The van der Waals surface area contributed by atoms with E-state index in [1.54, 1.807) is 6.20 Å². The topological polar surface area (TPSA) is 80.2 Å². The molecular formula is C9H10N4. The Bertz CT molecular complexity index is 455. The smallest absolute Gasteiger partial charge is 0.152 e. The van der Waals surface area contributed by atoms with Crippen LogP contribution in [0, 0.1) is 0 Å². The van der Waals surface area contributed by atoms with E-state index in [1.165, 1.54) is 0 Å². The molecule has 0 spiro atoms. The zero-order chi connectivity index (χ0) is 9.26. The second kappa shape index (κ2) is 2.82. The Morgan fingerprint density at radius 3 is 2.85 bits per heavy atom. The van der Waals surface area contributed by atoms with Crippen LogP contribution in [0.1, 0.15) is 5.56 Å². The maximum absolute atomic E-state index is 5.61. The highest BCUT2D eigenvalue weighted by Gasteiger charge is 2.05. The molecule has 0 aliphatic rings. The van der Waals surface area contributed by atoms with E-state index >= 15 is 0 Å². The number of nitrogens with zero attached hydrogens (tertiary/aromatic N) is 1. The summed E-state index contributed by atoms with van der Waals surface area (Å²) in [5, 5.41) is 4.49. The molecule has 66 valence electrons. The Morgan fingerprint density at radius 2 is 2.08 bits per heavy atom. The molecule has 1 aromatic heterocycles. The predicted octanol–water partition coefficient (Wildman–Crippen LogP) is 0.747. The summed E-state index contributed by atoms with van der Waals surface area (Å²) < 4.78 is 0. The van der Waals surface area contributed by atoms with Crippen LogP contribution in [-0.2, 0) is 0 Å². The van der Waals surface area contributed by atoms with E-state index in [4.69, 9.17) is 11.6 Å². The second-order valence-electron chi connectivity index (χ2n) is 2.76. The van der Waals surface area contributed by atoms with Gasteiger partial charge in [0.05, 0.1) is 0 Å². The van der Waals surface area contributed by atoms with Crippen molar-refractivity contribution >= 4 is 16.7 Å². The zero-order valence-electron chi connectivity index (χ0n) is 6.99. The molecule has 1 heterocycles. The van der Waals surface area contributed by atoms with Crippen LogP contribution >= 0.6 is 0 Å². The van der Waals surface area contributed by atoms with Gasteiger partial charge in [-0.2, -0.15) is 5.10 Å². The molecule has 2 aromatic rings. The van der Waals surface area contributed by atoms with Crippen molar-refractivity contribution in [3.8, 4) is 0 Å². The van der Waals surface area contributed by atoms with Gasteiger partial charge in [-0.1, -0.05) is 18.2 Å². The van der Waals surface area contributed by atoms with E-state index < -0.39 is 0 Å². The highest BCUT2D eigenvalue weighted by molar-refractivity contribution is 6.08. The quantitative estimate of drug-likeness (QED) is 0.258. The Hall–Kier alpha value is -1.97. The highest BCUT2D eigenvalue weighted by Crippen LogP contribution is 2.16. The third kappa shape index (κ3) is 1.12. The van der Waals surface area contributed by atoms with Gasteiger partial charge in [-0.25, -0.2) is 0 Å². The molecule has 4 heteroatoms. The molecule has 1 aromatic carbocycles. The number of fused-ring (bicyclic) bond motifs is 1. The number of H-pyrrole nitrogens is 1. The van der Waals surface area contributed by atoms with Gasteiger partial charge in [0.2, 0.25) is 0 Å². The van der Waals surface area contributed by atoms with E-state index in [-0.39, 0.29) is 0 Å². The molecule has 0 atom stereocenters. The van der Waals surface area contributed by atoms with Crippen molar-refractivity contribution < 1.29 is 0 Å². The van der Waals surface area contributed by atoms with Crippen molar-refractivity contribution in [1.29, 1.82) is 0 Å². The summed E-state index contributed by atoms with van der Waals surface area (Å²) in [5.41, 5.74) is 7.49. The van der Waals surface area contributed by atoms with Gasteiger partial charge in [0.15, 0.2) is 5.84 Å². The summed E-state index contributed by atoms with van der Waals surface area (Å²) in [6.45, 7) is 0. The standard InChI is InChI=1S/C9H10N4/c10-9(13-11)7-5-12-8-4-2-1-3-6(7)8/h1-5,12H,11H2,(H2,10,13). The summed E-state index contributed by atoms with van der Waals surface area (Å²) in [7, 11) is 0. The van der Waals surface area contributed by atoms with Gasteiger partial charge in [0.25, 0.3) is 0 Å². The van der Waals surface area contributed by atoms with Crippen molar-refractivity contribution in [3.63, 3.8) is 0 Å². The SMILES string of the molecule is NN=C(N)c1c[nH]c2ccccc12. The lowest BCUT2D eigenvalue weighted by molar-refractivity contribution is 1.23. The monoisotopic (exact) mass is 174 g/mol. The number of rotatable bonds is 1. The highest BCUT2D eigenvalue weighted by atomic mass is 15.2. The number of hydrogen-bond donors (Lipinski definition) is 3. The first-order valence-electron chi connectivity index (χ1n) is 3.93. The van der Waals surface area contributed by atoms with Crippen LogP contribution in [0.3, 0.4) is 0 Å². The molecule has 4 nitrogen and oxygen atoms in total. The summed E-state index contributed by atoms with van der Waals surface area (Å²) in [6, 6.07) is 7.85. The van der Waals surface area contributed by atoms with Crippen molar-refractivity contribution in [2.24, 2.45) is 16.7 Å². The molecule has 0 aliphatic heterocycles. The van der Waals surface area contributed by atoms with E-state index in [0.717, 1.165) is 16.5 Å². The molecule has 0 unspecified atom stereocenters. The van der Waals surface area contributed by atoms with E-state index in [2.05, 4.69) is 10.1 Å². The first-order valence-corrected chi connectivity index (χ1v) is 3.93. The van der Waals surface area contributed by atoms with Gasteiger partial charge in [0.1, 0.15) is 0 Å². The van der Waals surface area contributed by atoms with Crippen molar-refractivity contribution in [1.82, 2.24) is 4.98 Å². The fourth-order valence-corrected chi connectivity index (χ4v) is 1.35. The summed E-state index contributed by atoms with van der Waals surface area (Å²) in [5.74, 6) is 5.45. The van der Waals surface area contributed by atoms with Gasteiger partial charge < -0.3 is 16.6 Å². The number of aromatic nitrogens is 1.